The maximum Gasteiger partial charge on any atom is 0.168 e. The Balaban J connectivity index is 2.42. The molecule has 24 heavy (non-hydrogen) atoms. The van der Waals surface area contributed by atoms with Crippen LogP contribution < -0.4 is 11.1 Å². The van der Waals surface area contributed by atoms with E-state index in [2.05, 4.69) is 5.32 Å². The van der Waals surface area contributed by atoms with E-state index in [9.17, 15) is 5.11 Å². The Morgan fingerprint density at radius 3 is 2.46 bits per heavy atom. The quantitative estimate of drug-likeness (QED) is 0.376. The van der Waals surface area contributed by atoms with Crippen molar-refractivity contribution in [1.29, 1.82) is 0 Å². The van der Waals surface area contributed by atoms with Crippen LogP contribution in [0.25, 0.3) is 21.9 Å². The summed E-state index contributed by atoms with van der Waals surface area (Å²) in [5.41, 5.74) is 7.11. The Bertz CT molecular complexity index is 976. The molecule has 4 N–H and O–H groups in total. The third-order valence-electron chi connectivity index (χ3n) is 3.59. The number of nitrogens with two attached hydrogens (primary N) is 1. The first-order valence-electron chi connectivity index (χ1n) is 6.85. The SMILES string of the molecule is NC(=S)Nc1c(-c2c(O)ccc3ccccc23)cc(Cl)c(Cl)c1Cl. The molecule has 122 valence electrons. The fourth-order valence-electron chi connectivity index (χ4n) is 2.58. The molecule has 3 aromatic rings. The van der Waals surface area contributed by atoms with Crippen molar-refractivity contribution in [1.82, 2.24) is 0 Å². The molecular formula is C17H11Cl3N2OS. The first-order valence-corrected chi connectivity index (χ1v) is 8.39. The standard InChI is InChI=1S/C17H11Cl3N2OS/c18-11-7-10(16(22-17(21)24)15(20)14(11)19)13-9-4-2-1-3-8(9)5-6-12(13)23/h1-7,23H,(H3,21,22,24). The molecule has 0 atom stereocenters. The van der Waals surface area contributed by atoms with Gasteiger partial charge in [0.25, 0.3) is 0 Å². The summed E-state index contributed by atoms with van der Waals surface area (Å²) in [6, 6.07) is 12.7. The van der Waals surface area contributed by atoms with Gasteiger partial charge in [0.15, 0.2) is 5.11 Å². The van der Waals surface area contributed by atoms with E-state index in [-0.39, 0.29) is 25.9 Å². The Morgan fingerprint density at radius 1 is 1.04 bits per heavy atom. The summed E-state index contributed by atoms with van der Waals surface area (Å²) in [6.07, 6.45) is 0. The Kier molecular flexibility index (Phi) is 4.74. The van der Waals surface area contributed by atoms with Crippen molar-refractivity contribution < 1.29 is 5.11 Å². The maximum absolute atomic E-state index is 10.5. The molecule has 0 saturated heterocycles. The number of fused-ring (bicyclic) bond motifs is 1. The topological polar surface area (TPSA) is 58.3 Å². The second-order valence-electron chi connectivity index (χ2n) is 5.08. The molecule has 0 unspecified atom stereocenters. The van der Waals surface area contributed by atoms with Crippen LogP contribution in [-0.4, -0.2) is 10.2 Å². The maximum atomic E-state index is 10.5. The predicted octanol–water partition coefficient (Wildman–Crippen LogP) is 5.83. The van der Waals surface area contributed by atoms with Crippen LogP contribution in [0.2, 0.25) is 15.1 Å². The number of benzene rings is 3. The molecule has 3 nitrogen and oxygen atoms in total. The molecule has 0 aliphatic heterocycles. The summed E-state index contributed by atoms with van der Waals surface area (Å²) in [5, 5.41) is 15.7. The van der Waals surface area contributed by atoms with Crippen molar-refractivity contribution in [3.63, 3.8) is 0 Å². The second-order valence-corrected chi connectivity index (χ2v) is 6.68. The van der Waals surface area contributed by atoms with Crippen molar-refractivity contribution in [2.24, 2.45) is 5.73 Å². The summed E-state index contributed by atoms with van der Waals surface area (Å²) in [5.74, 6) is 0.0779. The van der Waals surface area contributed by atoms with E-state index < -0.39 is 0 Å². The highest BCUT2D eigenvalue weighted by Crippen LogP contribution is 2.47. The van der Waals surface area contributed by atoms with Crippen molar-refractivity contribution in [3.8, 4) is 16.9 Å². The van der Waals surface area contributed by atoms with Crippen molar-refractivity contribution in [2.45, 2.75) is 0 Å². The highest BCUT2D eigenvalue weighted by molar-refractivity contribution is 7.80. The van der Waals surface area contributed by atoms with Crippen LogP contribution in [0.5, 0.6) is 5.75 Å². The van der Waals surface area contributed by atoms with Gasteiger partial charge >= 0.3 is 0 Å². The minimum Gasteiger partial charge on any atom is -0.507 e. The zero-order valence-corrected chi connectivity index (χ0v) is 15.2. The van der Waals surface area contributed by atoms with E-state index in [1.807, 2.05) is 30.3 Å². The van der Waals surface area contributed by atoms with E-state index in [0.29, 0.717) is 16.8 Å². The van der Waals surface area contributed by atoms with Crippen LogP contribution in [-0.2, 0) is 0 Å². The van der Waals surface area contributed by atoms with E-state index in [0.717, 1.165) is 10.8 Å². The lowest BCUT2D eigenvalue weighted by Crippen LogP contribution is -2.19. The molecule has 0 aromatic heterocycles. The van der Waals surface area contributed by atoms with Crippen molar-refractivity contribution >= 4 is 68.6 Å². The molecule has 0 heterocycles. The molecule has 0 fully saturated rings. The third kappa shape index (κ3) is 2.98. The van der Waals surface area contributed by atoms with Crippen LogP contribution in [0.15, 0.2) is 42.5 Å². The van der Waals surface area contributed by atoms with Gasteiger partial charge in [0.05, 0.1) is 20.8 Å². The summed E-state index contributed by atoms with van der Waals surface area (Å²) in [4.78, 5) is 0. The molecular weight excluding hydrogens is 387 g/mol. The van der Waals surface area contributed by atoms with Gasteiger partial charge in [0, 0.05) is 11.1 Å². The van der Waals surface area contributed by atoms with Crippen molar-refractivity contribution in [2.75, 3.05) is 5.32 Å². The number of hydrogen-bond acceptors (Lipinski definition) is 2. The lowest BCUT2D eigenvalue weighted by atomic mass is 9.96. The Morgan fingerprint density at radius 2 is 1.75 bits per heavy atom. The van der Waals surface area contributed by atoms with E-state index >= 15 is 0 Å². The van der Waals surface area contributed by atoms with E-state index in [1.54, 1.807) is 12.1 Å². The van der Waals surface area contributed by atoms with Gasteiger partial charge in [-0.3, -0.25) is 0 Å². The average Bonchev–Trinajstić information content (AvgIpc) is 2.55. The average molecular weight is 398 g/mol. The number of phenols is 1. The smallest absolute Gasteiger partial charge is 0.168 e. The summed E-state index contributed by atoms with van der Waals surface area (Å²) in [7, 11) is 0. The number of hydrogen-bond donors (Lipinski definition) is 3. The summed E-state index contributed by atoms with van der Waals surface area (Å²) in [6.45, 7) is 0. The number of rotatable bonds is 2. The van der Waals surface area contributed by atoms with Gasteiger partial charge in [-0.25, -0.2) is 0 Å². The number of halogens is 3. The van der Waals surface area contributed by atoms with Crippen molar-refractivity contribution in [3.05, 3.63) is 57.5 Å². The van der Waals surface area contributed by atoms with Crippen LogP contribution in [0.3, 0.4) is 0 Å². The van der Waals surface area contributed by atoms with Gasteiger partial charge in [-0.05, 0) is 35.1 Å². The number of phenolic OH excluding ortho intramolecular Hbond substituents is 1. The largest absolute Gasteiger partial charge is 0.507 e. The first kappa shape index (κ1) is 17.1. The first-order chi connectivity index (χ1) is 11.4. The highest BCUT2D eigenvalue weighted by Gasteiger charge is 2.20. The third-order valence-corrected chi connectivity index (χ3v) is 4.95. The Hall–Kier alpha value is -1.72. The Labute approximate surface area is 158 Å². The highest BCUT2D eigenvalue weighted by atomic mass is 35.5. The molecule has 0 aliphatic carbocycles. The van der Waals surface area contributed by atoms with Gasteiger partial charge < -0.3 is 16.2 Å². The molecule has 7 heteroatoms. The van der Waals surface area contributed by atoms with Crippen LogP contribution in [0.4, 0.5) is 5.69 Å². The molecule has 3 aromatic carbocycles. The van der Waals surface area contributed by atoms with Gasteiger partial charge in [-0.15, -0.1) is 0 Å². The number of nitrogens with one attached hydrogen (secondary N) is 1. The zero-order chi connectivity index (χ0) is 17.4. The lowest BCUT2D eigenvalue weighted by molar-refractivity contribution is 0.478. The number of aromatic hydroxyl groups is 1. The van der Waals surface area contributed by atoms with Crippen LogP contribution in [0.1, 0.15) is 0 Å². The van der Waals surface area contributed by atoms with Gasteiger partial charge in [0.2, 0.25) is 0 Å². The fraction of sp³-hybridized carbons (Fsp3) is 0. The normalized spacial score (nSPS) is 10.8. The second kappa shape index (κ2) is 6.65. The molecule has 0 aliphatic rings. The minimum absolute atomic E-state index is 0.0243. The molecule has 0 bridgehead atoms. The van der Waals surface area contributed by atoms with Gasteiger partial charge in [0.1, 0.15) is 5.75 Å². The van der Waals surface area contributed by atoms with Gasteiger partial charge in [-0.1, -0.05) is 65.1 Å². The summed E-state index contributed by atoms with van der Waals surface area (Å²) < 4.78 is 0. The molecule has 0 saturated carbocycles. The monoisotopic (exact) mass is 396 g/mol. The van der Waals surface area contributed by atoms with E-state index in [4.69, 9.17) is 52.8 Å². The minimum atomic E-state index is 0.0243. The fourth-order valence-corrected chi connectivity index (χ4v) is 3.33. The van der Waals surface area contributed by atoms with Gasteiger partial charge in [-0.2, -0.15) is 0 Å². The van der Waals surface area contributed by atoms with Crippen LogP contribution >= 0.6 is 47.0 Å². The lowest BCUT2D eigenvalue weighted by Gasteiger charge is -2.17. The van der Waals surface area contributed by atoms with Crippen LogP contribution in [0, 0.1) is 0 Å². The number of anilines is 1. The van der Waals surface area contributed by atoms with E-state index in [1.165, 1.54) is 0 Å². The molecule has 0 amide bonds. The molecule has 3 rings (SSSR count). The zero-order valence-electron chi connectivity index (χ0n) is 12.1. The molecule has 0 spiro atoms. The molecule has 0 radical (unpaired) electrons. The number of thiocarbonyl (C=S) groups is 1. The predicted molar refractivity (Wildman–Crippen MR) is 106 cm³/mol. The summed E-state index contributed by atoms with van der Waals surface area (Å²) >= 11 is 23.6.